The van der Waals surface area contributed by atoms with Gasteiger partial charge < -0.3 is 14.8 Å². The van der Waals surface area contributed by atoms with Gasteiger partial charge in [0.1, 0.15) is 18.9 Å². The summed E-state index contributed by atoms with van der Waals surface area (Å²) >= 11 is 0. The number of hydrogen-bond acceptors (Lipinski definition) is 2. The molecule has 0 unspecified atom stereocenters. The van der Waals surface area contributed by atoms with Gasteiger partial charge in [-0.05, 0) is 17.0 Å². The zero-order valence-electron chi connectivity index (χ0n) is 15.1. The van der Waals surface area contributed by atoms with Crippen LogP contribution in [-0.4, -0.2) is 26.4 Å². The van der Waals surface area contributed by atoms with Crippen LogP contribution in [0.5, 0.6) is 5.75 Å². The van der Waals surface area contributed by atoms with Crippen LogP contribution in [0.15, 0.2) is 54.6 Å². The Hall–Kier alpha value is -1.84. The molecule has 0 aromatic heterocycles. The third-order valence-electron chi connectivity index (χ3n) is 3.87. The molecule has 0 amide bonds. The highest BCUT2D eigenvalue weighted by atomic mass is 16.5. The zero-order valence-corrected chi connectivity index (χ0v) is 15.1. The number of ether oxygens (including phenoxy) is 2. The molecule has 2 aromatic rings. The van der Waals surface area contributed by atoms with Crippen molar-refractivity contribution < 1.29 is 14.8 Å². The number of quaternary nitrogens is 1. The molecule has 2 rings (SSSR count). The van der Waals surface area contributed by atoms with E-state index in [9.17, 15) is 0 Å². The SMILES string of the molecule is CC(C)(C)c1ccccc1OCCOCC[NH2+]Cc1ccccc1. The van der Waals surface area contributed by atoms with Gasteiger partial charge in [-0.15, -0.1) is 0 Å². The second-order valence-electron chi connectivity index (χ2n) is 6.97. The molecule has 2 aromatic carbocycles. The Morgan fingerprint density at radius 2 is 1.54 bits per heavy atom. The first-order chi connectivity index (χ1) is 11.6. The summed E-state index contributed by atoms with van der Waals surface area (Å²) in [6, 6.07) is 18.7. The lowest BCUT2D eigenvalue weighted by Crippen LogP contribution is -2.83. The minimum absolute atomic E-state index is 0.0872. The summed E-state index contributed by atoms with van der Waals surface area (Å²) < 4.78 is 11.6. The maximum Gasteiger partial charge on any atom is 0.123 e. The van der Waals surface area contributed by atoms with E-state index in [1.165, 1.54) is 11.1 Å². The normalized spacial score (nSPS) is 11.5. The molecule has 0 heterocycles. The van der Waals surface area contributed by atoms with E-state index in [1.54, 1.807) is 0 Å². The molecule has 3 nitrogen and oxygen atoms in total. The van der Waals surface area contributed by atoms with Gasteiger partial charge in [-0.25, -0.2) is 0 Å². The molecule has 0 radical (unpaired) electrons. The van der Waals surface area contributed by atoms with Crippen LogP contribution in [0.25, 0.3) is 0 Å². The fourth-order valence-corrected chi connectivity index (χ4v) is 2.57. The molecule has 130 valence electrons. The molecule has 0 saturated heterocycles. The van der Waals surface area contributed by atoms with Crippen LogP contribution in [0.4, 0.5) is 0 Å². The maximum absolute atomic E-state index is 5.90. The van der Waals surface area contributed by atoms with Crippen LogP contribution < -0.4 is 10.1 Å². The predicted molar refractivity (Wildman–Crippen MR) is 98.4 cm³/mol. The van der Waals surface area contributed by atoms with Crippen molar-refractivity contribution in [2.45, 2.75) is 32.7 Å². The van der Waals surface area contributed by atoms with E-state index in [-0.39, 0.29) is 5.41 Å². The molecule has 0 spiro atoms. The number of benzene rings is 2. The third-order valence-corrected chi connectivity index (χ3v) is 3.87. The molecule has 0 aliphatic rings. The van der Waals surface area contributed by atoms with Crippen molar-refractivity contribution in [1.29, 1.82) is 0 Å². The fourth-order valence-electron chi connectivity index (χ4n) is 2.57. The highest BCUT2D eigenvalue weighted by molar-refractivity contribution is 5.38. The van der Waals surface area contributed by atoms with E-state index in [0.29, 0.717) is 13.2 Å². The van der Waals surface area contributed by atoms with E-state index in [4.69, 9.17) is 9.47 Å². The molecule has 3 heteroatoms. The van der Waals surface area contributed by atoms with Gasteiger partial charge in [0, 0.05) is 5.56 Å². The standard InChI is InChI=1S/C21H29NO2/c1-21(2,3)19-11-7-8-12-20(19)24-16-15-23-14-13-22-17-18-9-5-4-6-10-18/h4-12,22H,13-17H2,1-3H3/p+1. The Morgan fingerprint density at radius 1 is 0.833 bits per heavy atom. The lowest BCUT2D eigenvalue weighted by Gasteiger charge is -2.22. The number of rotatable bonds is 9. The molecule has 0 fully saturated rings. The highest BCUT2D eigenvalue weighted by Gasteiger charge is 2.18. The molecular formula is C21H30NO2+. The van der Waals surface area contributed by atoms with Gasteiger partial charge >= 0.3 is 0 Å². The summed E-state index contributed by atoms with van der Waals surface area (Å²) in [6.07, 6.45) is 0. The van der Waals surface area contributed by atoms with Crippen molar-refractivity contribution in [2.24, 2.45) is 0 Å². The molecule has 0 atom stereocenters. The second kappa shape index (κ2) is 9.45. The number of nitrogens with two attached hydrogens (primary N) is 1. The van der Waals surface area contributed by atoms with Crippen LogP contribution >= 0.6 is 0 Å². The largest absolute Gasteiger partial charge is 0.491 e. The molecule has 0 aliphatic carbocycles. The monoisotopic (exact) mass is 328 g/mol. The van der Waals surface area contributed by atoms with E-state index in [1.807, 2.05) is 18.2 Å². The second-order valence-corrected chi connectivity index (χ2v) is 6.97. The maximum atomic E-state index is 5.90. The van der Waals surface area contributed by atoms with Crippen molar-refractivity contribution in [3.63, 3.8) is 0 Å². The van der Waals surface area contributed by atoms with Gasteiger partial charge in [-0.1, -0.05) is 69.3 Å². The topological polar surface area (TPSA) is 35.1 Å². The zero-order chi connectivity index (χ0) is 17.3. The minimum Gasteiger partial charge on any atom is -0.491 e. The summed E-state index contributed by atoms with van der Waals surface area (Å²) in [5.74, 6) is 0.962. The van der Waals surface area contributed by atoms with Crippen LogP contribution in [-0.2, 0) is 16.7 Å². The van der Waals surface area contributed by atoms with E-state index < -0.39 is 0 Å². The molecule has 0 bridgehead atoms. The molecule has 0 saturated carbocycles. The van der Waals surface area contributed by atoms with Crippen LogP contribution in [0, 0.1) is 0 Å². The van der Waals surface area contributed by atoms with Crippen molar-refractivity contribution in [1.82, 2.24) is 0 Å². The van der Waals surface area contributed by atoms with E-state index in [0.717, 1.165) is 25.4 Å². The first-order valence-electron chi connectivity index (χ1n) is 8.73. The average Bonchev–Trinajstić information content (AvgIpc) is 2.57. The Balaban J connectivity index is 1.59. The highest BCUT2D eigenvalue weighted by Crippen LogP contribution is 2.30. The van der Waals surface area contributed by atoms with Crippen molar-refractivity contribution in [3.05, 3.63) is 65.7 Å². The summed E-state index contributed by atoms with van der Waals surface area (Å²) in [4.78, 5) is 0. The van der Waals surface area contributed by atoms with Gasteiger partial charge in [0.2, 0.25) is 0 Å². The average molecular weight is 328 g/mol. The van der Waals surface area contributed by atoms with Gasteiger partial charge in [0.25, 0.3) is 0 Å². The van der Waals surface area contributed by atoms with Crippen LogP contribution in [0.3, 0.4) is 0 Å². The molecule has 0 aliphatic heterocycles. The Bertz CT molecular complexity index is 590. The first kappa shape index (κ1) is 18.5. The van der Waals surface area contributed by atoms with Crippen molar-refractivity contribution in [2.75, 3.05) is 26.4 Å². The lowest BCUT2D eigenvalue weighted by molar-refractivity contribution is -0.672. The Kier molecular flexibility index (Phi) is 7.29. The Morgan fingerprint density at radius 3 is 2.29 bits per heavy atom. The molecule has 2 N–H and O–H groups in total. The summed E-state index contributed by atoms with van der Waals surface area (Å²) in [5, 5.41) is 2.27. The predicted octanol–water partition coefficient (Wildman–Crippen LogP) is 3.14. The van der Waals surface area contributed by atoms with Gasteiger partial charge in [-0.3, -0.25) is 0 Å². The minimum atomic E-state index is 0.0872. The van der Waals surface area contributed by atoms with E-state index in [2.05, 4.69) is 62.5 Å². The molecule has 24 heavy (non-hydrogen) atoms. The first-order valence-corrected chi connectivity index (χ1v) is 8.73. The summed E-state index contributed by atoms with van der Waals surface area (Å²) in [7, 11) is 0. The van der Waals surface area contributed by atoms with Gasteiger partial charge in [-0.2, -0.15) is 0 Å². The lowest BCUT2D eigenvalue weighted by atomic mass is 9.86. The van der Waals surface area contributed by atoms with Crippen molar-refractivity contribution >= 4 is 0 Å². The number of hydrogen-bond donors (Lipinski definition) is 1. The van der Waals surface area contributed by atoms with E-state index >= 15 is 0 Å². The van der Waals surface area contributed by atoms with Crippen LogP contribution in [0.2, 0.25) is 0 Å². The Labute approximate surface area is 146 Å². The van der Waals surface area contributed by atoms with Crippen LogP contribution in [0.1, 0.15) is 31.9 Å². The third kappa shape index (κ3) is 6.34. The summed E-state index contributed by atoms with van der Waals surface area (Å²) in [6.45, 7) is 10.5. The quantitative estimate of drug-likeness (QED) is 0.718. The van der Waals surface area contributed by atoms with Crippen molar-refractivity contribution in [3.8, 4) is 5.75 Å². The number of para-hydroxylation sites is 1. The molecular weight excluding hydrogens is 298 g/mol. The smallest absolute Gasteiger partial charge is 0.123 e. The summed E-state index contributed by atoms with van der Waals surface area (Å²) in [5.41, 5.74) is 2.67. The fraction of sp³-hybridized carbons (Fsp3) is 0.429. The van der Waals surface area contributed by atoms with Gasteiger partial charge in [0.15, 0.2) is 0 Å². The van der Waals surface area contributed by atoms with Gasteiger partial charge in [0.05, 0.1) is 19.8 Å².